The maximum absolute atomic E-state index is 13.6. The Morgan fingerprint density at radius 1 is 0.939 bits per heavy atom. The second kappa shape index (κ2) is 10.8. The topological polar surface area (TPSA) is 74.7 Å². The van der Waals surface area contributed by atoms with Crippen LogP contribution in [0.15, 0.2) is 77.7 Å². The van der Waals surface area contributed by atoms with Gasteiger partial charge < -0.3 is 5.11 Å². The van der Waals surface area contributed by atoms with Gasteiger partial charge in [-0.2, -0.15) is 0 Å². The van der Waals surface area contributed by atoms with Crippen LogP contribution in [-0.4, -0.2) is 37.3 Å². The highest BCUT2D eigenvalue weighted by atomic mass is 32.2. The van der Waals surface area contributed by atoms with Gasteiger partial charge in [-0.1, -0.05) is 61.9 Å². The van der Waals surface area contributed by atoms with Crippen LogP contribution in [0.1, 0.15) is 52.6 Å². The molecule has 3 aromatic rings. The van der Waals surface area contributed by atoms with Crippen LogP contribution in [0.25, 0.3) is 0 Å². The van der Waals surface area contributed by atoms with E-state index < -0.39 is 15.1 Å². The van der Waals surface area contributed by atoms with E-state index in [2.05, 4.69) is 4.90 Å². The number of benzene rings is 3. The molecule has 0 aliphatic carbocycles. The normalized spacial score (nSPS) is 12.6. The smallest absolute Gasteiger partial charge is 0.185 e. The summed E-state index contributed by atoms with van der Waals surface area (Å²) in [4.78, 5) is 15.6. The number of ketones is 1. The molecule has 0 saturated carbocycles. The summed E-state index contributed by atoms with van der Waals surface area (Å²) >= 11 is 0. The molecule has 6 heteroatoms. The van der Waals surface area contributed by atoms with E-state index in [-0.39, 0.29) is 22.8 Å². The van der Waals surface area contributed by atoms with Crippen molar-refractivity contribution < 1.29 is 18.3 Å². The van der Waals surface area contributed by atoms with E-state index >= 15 is 0 Å². The van der Waals surface area contributed by atoms with Crippen LogP contribution in [0.3, 0.4) is 0 Å². The fourth-order valence-electron chi connectivity index (χ4n) is 3.83. The summed E-state index contributed by atoms with van der Waals surface area (Å²) in [6.45, 7) is 8.13. The number of hydrogen-bond donors (Lipinski definition) is 1. The van der Waals surface area contributed by atoms with Crippen molar-refractivity contribution in [3.05, 3.63) is 95.1 Å². The lowest BCUT2D eigenvalue weighted by Gasteiger charge is -2.20. The Hall–Kier alpha value is -2.96. The molecule has 0 saturated heterocycles. The van der Waals surface area contributed by atoms with Crippen molar-refractivity contribution in [3.63, 3.8) is 0 Å². The average Bonchev–Trinajstić information content (AvgIpc) is 2.82. The Bertz CT molecular complexity index is 1180. The third kappa shape index (κ3) is 5.89. The summed E-state index contributed by atoms with van der Waals surface area (Å²) in [6, 6.07) is 20.3. The summed E-state index contributed by atoms with van der Waals surface area (Å²) in [6.07, 6.45) is -0.185. The van der Waals surface area contributed by atoms with Crippen LogP contribution in [0.4, 0.5) is 0 Å². The van der Waals surface area contributed by atoms with E-state index in [9.17, 15) is 18.3 Å². The highest BCUT2D eigenvalue weighted by Crippen LogP contribution is 2.33. The third-order valence-electron chi connectivity index (χ3n) is 5.96. The van der Waals surface area contributed by atoms with Gasteiger partial charge in [-0.3, -0.25) is 9.69 Å². The van der Waals surface area contributed by atoms with E-state index in [1.165, 1.54) is 6.07 Å². The van der Waals surface area contributed by atoms with Crippen molar-refractivity contribution in [1.82, 2.24) is 4.90 Å². The van der Waals surface area contributed by atoms with Gasteiger partial charge in [-0.05, 0) is 55.9 Å². The maximum atomic E-state index is 13.6. The van der Waals surface area contributed by atoms with Crippen LogP contribution >= 0.6 is 0 Å². The predicted molar refractivity (Wildman–Crippen MR) is 131 cm³/mol. The zero-order chi connectivity index (χ0) is 24.0. The molecule has 1 unspecified atom stereocenters. The first-order valence-electron chi connectivity index (χ1n) is 11.2. The van der Waals surface area contributed by atoms with E-state index in [0.29, 0.717) is 23.2 Å². The van der Waals surface area contributed by atoms with E-state index in [4.69, 9.17) is 0 Å². The summed E-state index contributed by atoms with van der Waals surface area (Å²) in [5.41, 5.74) is 2.59. The molecule has 0 fully saturated rings. The molecule has 1 N–H and O–H groups in total. The fourth-order valence-corrected chi connectivity index (χ4v) is 5.56. The van der Waals surface area contributed by atoms with Crippen LogP contribution in [0.5, 0.6) is 5.75 Å². The first-order chi connectivity index (χ1) is 15.8. The minimum absolute atomic E-state index is 0.130. The summed E-state index contributed by atoms with van der Waals surface area (Å²) < 4.78 is 27.1. The van der Waals surface area contributed by atoms with Crippen molar-refractivity contribution in [1.29, 1.82) is 0 Å². The third-order valence-corrected chi connectivity index (χ3v) is 8.07. The first kappa shape index (κ1) is 24.7. The molecule has 0 heterocycles. The van der Waals surface area contributed by atoms with Gasteiger partial charge in [0, 0.05) is 24.1 Å². The number of carbonyl (C=O) groups is 1. The van der Waals surface area contributed by atoms with Gasteiger partial charge in [0.25, 0.3) is 0 Å². The van der Waals surface area contributed by atoms with Gasteiger partial charge in [-0.25, -0.2) is 8.42 Å². The van der Waals surface area contributed by atoms with Gasteiger partial charge in [-0.15, -0.1) is 0 Å². The Balaban J connectivity index is 1.96. The molecule has 0 aromatic heterocycles. The molecule has 0 bridgehead atoms. The van der Waals surface area contributed by atoms with Crippen molar-refractivity contribution in [2.45, 2.75) is 43.9 Å². The Labute approximate surface area is 196 Å². The van der Waals surface area contributed by atoms with Gasteiger partial charge in [0.05, 0.1) is 10.1 Å². The molecular formula is C27H31NO4S. The molecule has 0 radical (unpaired) electrons. The molecule has 3 aromatic carbocycles. The highest BCUT2D eigenvalue weighted by molar-refractivity contribution is 7.91. The number of hydrogen-bond acceptors (Lipinski definition) is 5. The number of carbonyl (C=O) groups excluding carboxylic acids is 1. The molecule has 33 heavy (non-hydrogen) atoms. The lowest BCUT2D eigenvalue weighted by atomic mass is 10.00. The van der Waals surface area contributed by atoms with Crippen molar-refractivity contribution >= 4 is 15.6 Å². The largest absolute Gasteiger partial charge is 0.508 e. The van der Waals surface area contributed by atoms with Gasteiger partial charge in [0.15, 0.2) is 15.6 Å². The number of nitrogens with zero attached hydrogens (tertiary/aromatic N) is 1. The maximum Gasteiger partial charge on any atom is 0.185 e. The minimum Gasteiger partial charge on any atom is -0.508 e. The number of rotatable bonds is 10. The lowest BCUT2D eigenvalue weighted by Crippen LogP contribution is -2.22. The number of sulfone groups is 1. The van der Waals surface area contributed by atoms with Crippen LogP contribution < -0.4 is 0 Å². The second-order valence-corrected chi connectivity index (χ2v) is 10.3. The van der Waals surface area contributed by atoms with Gasteiger partial charge >= 0.3 is 0 Å². The summed E-state index contributed by atoms with van der Waals surface area (Å²) in [5, 5.41) is 9.28. The molecule has 3 rings (SSSR count). The molecule has 0 aliphatic heterocycles. The fraction of sp³-hybridized carbons (Fsp3) is 0.296. The molecule has 1 atom stereocenters. The summed E-state index contributed by atoms with van der Waals surface area (Å²) in [7, 11) is -3.80. The van der Waals surface area contributed by atoms with Gasteiger partial charge in [0.1, 0.15) is 5.75 Å². The average molecular weight is 466 g/mol. The van der Waals surface area contributed by atoms with Crippen LogP contribution in [0.2, 0.25) is 0 Å². The Morgan fingerprint density at radius 2 is 1.58 bits per heavy atom. The first-order valence-corrected chi connectivity index (χ1v) is 12.7. The van der Waals surface area contributed by atoms with Gasteiger partial charge in [0.2, 0.25) is 0 Å². The number of aryl methyl sites for hydroxylation is 1. The molecule has 174 valence electrons. The van der Waals surface area contributed by atoms with Crippen molar-refractivity contribution in [2.24, 2.45) is 0 Å². The monoisotopic (exact) mass is 465 g/mol. The molecule has 0 aliphatic rings. The van der Waals surface area contributed by atoms with Crippen LogP contribution in [-0.2, 0) is 16.4 Å². The molecular weight excluding hydrogens is 434 g/mol. The summed E-state index contributed by atoms with van der Waals surface area (Å²) in [5.74, 6) is -0.148. The lowest BCUT2D eigenvalue weighted by molar-refractivity contribution is 0.0980. The zero-order valence-corrected chi connectivity index (χ0v) is 20.2. The second-order valence-electron chi connectivity index (χ2n) is 8.19. The molecule has 0 amide bonds. The van der Waals surface area contributed by atoms with E-state index in [1.807, 2.05) is 26.8 Å². The Kier molecular flexibility index (Phi) is 8.06. The Morgan fingerprint density at radius 3 is 2.18 bits per heavy atom. The quantitative estimate of drug-likeness (QED) is 0.410. The number of aromatic hydroxyl groups is 1. The van der Waals surface area contributed by atoms with Crippen LogP contribution in [0, 0.1) is 6.92 Å². The zero-order valence-electron chi connectivity index (χ0n) is 19.4. The highest BCUT2D eigenvalue weighted by Gasteiger charge is 2.31. The SMILES string of the molecule is CCN(CC)Cc1cc(C(=O)CC(c2ccccc2)S(=O)(=O)c2ccc(C)cc2)ccc1O. The number of Topliss-reactive ketones (excluding diaryl/α,β-unsaturated/α-hetero) is 1. The van der Waals surface area contributed by atoms with Crippen molar-refractivity contribution in [2.75, 3.05) is 13.1 Å². The number of phenols is 1. The molecule has 0 spiro atoms. The molecule has 5 nitrogen and oxygen atoms in total. The van der Waals surface area contributed by atoms with E-state index in [1.54, 1.807) is 60.7 Å². The minimum atomic E-state index is -3.80. The number of phenolic OH excluding ortho intramolecular Hbond substituents is 1. The predicted octanol–water partition coefficient (Wildman–Crippen LogP) is 5.33. The van der Waals surface area contributed by atoms with Crippen molar-refractivity contribution in [3.8, 4) is 5.75 Å². The standard InChI is InChI=1S/C27H31NO4S/c1-4-28(5-2)19-23-17-22(13-16-25(23)29)26(30)18-27(21-9-7-6-8-10-21)33(31,32)24-14-11-20(3)12-15-24/h6-17,27,29H,4-5,18-19H2,1-3H3. The van der Waals surface area contributed by atoms with E-state index in [0.717, 1.165) is 18.7 Å².